The van der Waals surface area contributed by atoms with E-state index >= 15 is 0 Å². The Morgan fingerprint density at radius 2 is 1.85 bits per heavy atom. The summed E-state index contributed by atoms with van der Waals surface area (Å²) in [5.41, 5.74) is 7.56. The largest absolute Gasteiger partial charge is 0.454 e. The molecule has 0 aromatic heterocycles. The summed E-state index contributed by atoms with van der Waals surface area (Å²) in [6.07, 6.45) is 1.52. The Hall–Kier alpha value is -3.22. The summed E-state index contributed by atoms with van der Waals surface area (Å²) < 4.78 is 10.6. The highest BCUT2D eigenvalue weighted by atomic mass is 16.7. The Bertz CT molecular complexity index is 869. The molecule has 3 N–H and O–H groups in total. The van der Waals surface area contributed by atoms with Crippen LogP contribution in [0.3, 0.4) is 0 Å². The van der Waals surface area contributed by atoms with Crippen LogP contribution in [0.4, 0.5) is 11.4 Å². The maximum atomic E-state index is 12.7. The number of fused-ring (bicyclic) bond motifs is 1. The lowest BCUT2D eigenvalue weighted by molar-refractivity contribution is -0.121. The fourth-order valence-electron chi connectivity index (χ4n) is 3.44. The molecule has 7 heteroatoms. The summed E-state index contributed by atoms with van der Waals surface area (Å²) in [7, 11) is 0. The SMILES string of the molecule is Nc1cc2c(cc1NC(=O)C1CCCN(C(=O)c3ccccc3)C1)OCO2. The molecule has 4 rings (SSSR count). The Balaban J connectivity index is 1.44. The van der Waals surface area contributed by atoms with Gasteiger partial charge in [0.15, 0.2) is 11.5 Å². The number of nitrogen functional groups attached to an aromatic ring is 1. The molecule has 0 saturated carbocycles. The molecule has 27 heavy (non-hydrogen) atoms. The summed E-state index contributed by atoms with van der Waals surface area (Å²) in [5, 5.41) is 2.87. The number of nitrogens with one attached hydrogen (secondary N) is 1. The van der Waals surface area contributed by atoms with Gasteiger partial charge in [-0.25, -0.2) is 0 Å². The van der Waals surface area contributed by atoms with Gasteiger partial charge in [-0.1, -0.05) is 18.2 Å². The maximum Gasteiger partial charge on any atom is 0.253 e. The van der Waals surface area contributed by atoms with E-state index in [0.717, 1.165) is 12.8 Å². The molecule has 1 saturated heterocycles. The second-order valence-corrected chi connectivity index (χ2v) is 6.74. The van der Waals surface area contributed by atoms with Crippen molar-refractivity contribution in [2.24, 2.45) is 5.92 Å². The van der Waals surface area contributed by atoms with E-state index in [9.17, 15) is 9.59 Å². The first-order valence-electron chi connectivity index (χ1n) is 8.96. The fraction of sp³-hybridized carbons (Fsp3) is 0.300. The monoisotopic (exact) mass is 367 g/mol. The molecule has 140 valence electrons. The molecule has 7 nitrogen and oxygen atoms in total. The van der Waals surface area contributed by atoms with Crippen LogP contribution in [0.15, 0.2) is 42.5 Å². The number of amides is 2. The molecule has 2 amide bonds. The predicted molar refractivity (Wildman–Crippen MR) is 101 cm³/mol. The molecule has 2 heterocycles. The van der Waals surface area contributed by atoms with Crippen molar-refractivity contribution < 1.29 is 19.1 Å². The topological polar surface area (TPSA) is 93.9 Å². The highest BCUT2D eigenvalue weighted by Gasteiger charge is 2.29. The van der Waals surface area contributed by atoms with Crippen LogP contribution in [0.2, 0.25) is 0 Å². The van der Waals surface area contributed by atoms with Crippen molar-refractivity contribution in [2.45, 2.75) is 12.8 Å². The molecule has 2 aromatic carbocycles. The zero-order chi connectivity index (χ0) is 18.8. The van der Waals surface area contributed by atoms with Crippen molar-refractivity contribution in [3.8, 4) is 11.5 Å². The summed E-state index contributed by atoms with van der Waals surface area (Å²) >= 11 is 0. The molecule has 1 unspecified atom stereocenters. The summed E-state index contributed by atoms with van der Waals surface area (Å²) in [6.45, 7) is 1.19. The molecule has 1 atom stereocenters. The first-order chi connectivity index (χ1) is 13.1. The molecule has 2 aliphatic heterocycles. The highest BCUT2D eigenvalue weighted by molar-refractivity contribution is 5.98. The van der Waals surface area contributed by atoms with Crippen LogP contribution in [-0.2, 0) is 4.79 Å². The standard InChI is InChI=1S/C20H21N3O4/c21-15-9-17-18(27-12-26-17)10-16(15)22-19(24)14-7-4-8-23(11-14)20(25)13-5-2-1-3-6-13/h1-3,5-6,9-10,14H,4,7-8,11-12,21H2,(H,22,24). The van der Waals surface area contributed by atoms with Crippen LogP contribution in [0, 0.1) is 5.92 Å². The van der Waals surface area contributed by atoms with Crippen LogP contribution in [0.25, 0.3) is 0 Å². The smallest absolute Gasteiger partial charge is 0.253 e. The number of nitrogens with two attached hydrogens (primary N) is 1. The predicted octanol–water partition coefficient (Wildman–Crippen LogP) is 2.49. The minimum absolute atomic E-state index is 0.0457. The van der Waals surface area contributed by atoms with Gasteiger partial charge in [0.2, 0.25) is 12.7 Å². The van der Waals surface area contributed by atoms with Gasteiger partial charge in [0.25, 0.3) is 5.91 Å². The molecule has 0 spiro atoms. The molecule has 0 bridgehead atoms. The van der Waals surface area contributed by atoms with Gasteiger partial charge in [-0.3, -0.25) is 9.59 Å². The van der Waals surface area contributed by atoms with Crippen molar-refractivity contribution in [3.05, 3.63) is 48.0 Å². The highest BCUT2D eigenvalue weighted by Crippen LogP contribution is 2.38. The Labute approximate surface area is 157 Å². The van der Waals surface area contributed by atoms with Crippen molar-refractivity contribution >= 4 is 23.2 Å². The van der Waals surface area contributed by atoms with Crippen molar-refractivity contribution in [1.82, 2.24) is 4.90 Å². The number of nitrogens with zero attached hydrogens (tertiary/aromatic N) is 1. The third kappa shape index (κ3) is 3.53. The van der Waals surface area contributed by atoms with E-state index in [4.69, 9.17) is 15.2 Å². The van der Waals surface area contributed by atoms with Crippen LogP contribution < -0.4 is 20.5 Å². The van der Waals surface area contributed by atoms with E-state index in [-0.39, 0.29) is 24.5 Å². The first kappa shape index (κ1) is 17.2. The molecule has 0 aliphatic carbocycles. The Morgan fingerprint density at radius 1 is 1.11 bits per heavy atom. The van der Waals surface area contributed by atoms with E-state index in [2.05, 4.69) is 5.32 Å². The number of hydrogen-bond donors (Lipinski definition) is 2. The average molecular weight is 367 g/mol. The molecule has 1 fully saturated rings. The van der Waals surface area contributed by atoms with Crippen LogP contribution in [-0.4, -0.2) is 36.6 Å². The van der Waals surface area contributed by atoms with E-state index in [0.29, 0.717) is 41.5 Å². The number of carbonyl (C=O) groups is 2. The quantitative estimate of drug-likeness (QED) is 0.813. The molecule has 2 aromatic rings. The van der Waals surface area contributed by atoms with Gasteiger partial charge in [0, 0.05) is 30.8 Å². The number of benzene rings is 2. The van der Waals surface area contributed by atoms with Crippen LogP contribution >= 0.6 is 0 Å². The summed E-state index contributed by atoms with van der Waals surface area (Å²) in [5.74, 6) is 0.657. The normalized spacial score (nSPS) is 18.2. The maximum absolute atomic E-state index is 12.7. The number of hydrogen-bond acceptors (Lipinski definition) is 5. The van der Waals surface area contributed by atoms with Gasteiger partial charge in [-0.2, -0.15) is 0 Å². The van der Waals surface area contributed by atoms with E-state index in [1.165, 1.54) is 0 Å². The van der Waals surface area contributed by atoms with Crippen molar-refractivity contribution in [1.29, 1.82) is 0 Å². The van der Waals surface area contributed by atoms with E-state index < -0.39 is 0 Å². The third-order valence-electron chi connectivity index (χ3n) is 4.90. The van der Waals surface area contributed by atoms with Crippen molar-refractivity contribution in [3.63, 3.8) is 0 Å². The lowest BCUT2D eigenvalue weighted by atomic mass is 9.96. The number of carbonyl (C=O) groups excluding carboxylic acids is 2. The van der Waals surface area contributed by atoms with Gasteiger partial charge in [-0.05, 0) is 25.0 Å². The summed E-state index contributed by atoms with van der Waals surface area (Å²) in [6, 6.07) is 12.4. The first-order valence-corrected chi connectivity index (χ1v) is 8.96. The number of likely N-dealkylation sites (tertiary alicyclic amines) is 1. The number of anilines is 2. The summed E-state index contributed by atoms with van der Waals surface area (Å²) in [4.78, 5) is 27.1. The second kappa shape index (κ2) is 7.19. The van der Waals surface area contributed by atoms with Gasteiger partial charge >= 0.3 is 0 Å². The number of ether oxygens (including phenoxy) is 2. The van der Waals surface area contributed by atoms with E-state index in [1.807, 2.05) is 18.2 Å². The zero-order valence-electron chi connectivity index (χ0n) is 14.8. The molecule has 0 radical (unpaired) electrons. The second-order valence-electron chi connectivity index (χ2n) is 6.74. The minimum atomic E-state index is -0.281. The van der Waals surface area contributed by atoms with Gasteiger partial charge in [0.05, 0.1) is 17.3 Å². The molecule has 2 aliphatic rings. The lowest BCUT2D eigenvalue weighted by Crippen LogP contribution is -2.43. The third-order valence-corrected chi connectivity index (χ3v) is 4.90. The molecular formula is C20H21N3O4. The number of rotatable bonds is 3. The van der Waals surface area contributed by atoms with Crippen LogP contribution in [0.5, 0.6) is 11.5 Å². The van der Waals surface area contributed by atoms with Gasteiger partial charge in [-0.15, -0.1) is 0 Å². The zero-order valence-corrected chi connectivity index (χ0v) is 14.8. The van der Waals surface area contributed by atoms with Gasteiger partial charge < -0.3 is 25.4 Å². The number of piperidine rings is 1. The lowest BCUT2D eigenvalue weighted by Gasteiger charge is -2.32. The van der Waals surface area contributed by atoms with Crippen LogP contribution in [0.1, 0.15) is 23.2 Å². The van der Waals surface area contributed by atoms with E-state index in [1.54, 1.807) is 29.2 Å². The van der Waals surface area contributed by atoms with Gasteiger partial charge in [0.1, 0.15) is 0 Å². The molecular weight excluding hydrogens is 346 g/mol. The van der Waals surface area contributed by atoms with Crippen molar-refractivity contribution in [2.75, 3.05) is 30.9 Å². The fourth-order valence-corrected chi connectivity index (χ4v) is 3.44. The Kier molecular flexibility index (Phi) is 4.58. The average Bonchev–Trinajstić information content (AvgIpc) is 3.15. The Morgan fingerprint density at radius 3 is 2.63 bits per heavy atom. The minimum Gasteiger partial charge on any atom is -0.454 e.